The molecule has 0 atom stereocenters. The minimum Gasteiger partial charge on any atom is -0.379 e. The predicted octanol–water partition coefficient (Wildman–Crippen LogP) is 4.60. The third-order valence-corrected chi connectivity index (χ3v) is 5.95. The van der Waals surface area contributed by atoms with Crippen molar-refractivity contribution in [2.24, 2.45) is 0 Å². The van der Waals surface area contributed by atoms with Crippen molar-refractivity contribution in [3.05, 3.63) is 58.6 Å². The van der Waals surface area contributed by atoms with Crippen LogP contribution in [0.25, 0.3) is 10.2 Å². The molecular formula is C22H28N2O2S. The number of ketones is 1. The SMILES string of the molecule is CC.Cc1cc2cc(C(=O)c3ccccc3)sc2n1CCN1CCOCC1. The Bertz CT molecular complexity index is 876. The van der Waals surface area contributed by atoms with E-state index >= 15 is 0 Å². The number of ether oxygens (including phenoxy) is 1. The Balaban J connectivity index is 0.00000102. The molecule has 0 spiro atoms. The molecule has 144 valence electrons. The lowest BCUT2D eigenvalue weighted by Crippen LogP contribution is -2.38. The zero-order valence-electron chi connectivity index (χ0n) is 16.4. The first-order valence-electron chi connectivity index (χ1n) is 9.72. The molecule has 27 heavy (non-hydrogen) atoms. The predicted molar refractivity (Wildman–Crippen MR) is 113 cm³/mol. The number of thiophene rings is 1. The van der Waals surface area contributed by atoms with Gasteiger partial charge in [0.25, 0.3) is 0 Å². The van der Waals surface area contributed by atoms with Gasteiger partial charge < -0.3 is 9.30 Å². The summed E-state index contributed by atoms with van der Waals surface area (Å²) in [5, 5.41) is 1.17. The zero-order chi connectivity index (χ0) is 19.2. The van der Waals surface area contributed by atoms with E-state index < -0.39 is 0 Å². The number of benzene rings is 1. The van der Waals surface area contributed by atoms with Crippen molar-refractivity contribution in [3.63, 3.8) is 0 Å². The van der Waals surface area contributed by atoms with Crippen LogP contribution in [-0.2, 0) is 11.3 Å². The van der Waals surface area contributed by atoms with Crippen LogP contribution in [0, 0.1) is 6.92 Å². The van der Waals surface area contributed by atoms with E-state index in [4.69, 9.17) is 4.74 Å². The number of hydrogen-bond acceptors (Lipinski definition) is 4. The van der Waals surface area contributed by atoms with Gasteiger partial charge >= 0.3 is 0 Å². The molecule has 2 aromatic heterocycles. The Kier molecular flexibility index (Phi) is 6.83. The molecule has 1 saturated heterocycles. The first-order valence-corrected chi connectivity index (χ1v) is 10.5. The quantitative estimate of drug-likeness (QED) is 0.603. The summed E-state index contributed by atoms with van der Waals surface area (Å²) in [7, 11) is 0. The van der Waals surface area contributed by atoms with Gasteiger partial charge in [-0.25, -0.2) is 0 Å². The van der Waals surface area contributed by atoms with Crippen LogP contribution in [0.1, 0.15) is 34.8 Å². The van der Waals surface area contributed by atoms with Gasteiger partial charge in [-0.2, -0.15) is 0 Å². The van der Waals surface area contributed by atoms with Crippen molar-refractivity contribution in [3.8, 4) is 0 Å². The number of aromatic nitrogens is 1. The number of fused-ring (bicyclic) bond motifs is 1. The third kappa shape index (κ3) is 4.49. The van der Waals surface area contributed by atoms with Crippen molar-refractivity contribution in [1.82, 2.24) is 9.47 Å². The second kappa shape index (κ2) is 9.31. The fraction of sp³-hybridized carbons (Fsp3) is 0.409. The van der Waals surface area contributed by atoms with Gasteiger partial charge in [0.1, 0.15) is 4.83 Å². The molecule has 0 amide bonds. The van der Waals surface area contributed by atoms with Crippen molar-refractivity contribution in [1.29, 1.82) is 0 Å². The molecule has 3 heterocycles. The van der Waals surface area contributed by atoms with E-state index in [1.54, 1.807) is 11.3 Å². The van der Waals surface area contributed by atoms with E-state index in [1.165, 1.54) is 15.9 Å². The first kappa shape index (κ1) is 19.8. The van der Waals surface area contributed by atoms with Crippen LogP contribution in [0.2, 0.25) is 0 Å². The molecule has 1 aliphatic rings. The molecule has 0 bridgehead atoms. The van der Waals surface area contributed by atoms with Crippen molar-refractivity contribution < 1.29 is 9.53 Å². The molecule has 1 fully saturated rings. The number of rotatable bonds is 5. The van der Waals surface area contributed by atoms with Crippen molar-refractivity contribution in [2.75, 3.05) is 32.8 Å². The fourth-order valence-corrected chi connectivity index (χ4v) is 4.55. The number of nitrogens with zero attached hydrogens (tertiary/aromatic N) is 2. The minimum absolute atomic E-state index is 0.110. The Labute approximate surface area is 165 Å². The molecule has 4 nitrogen and oxygen atoms in total. The molecule has 0 N–H and O–H groups in total. The molecule has 0 radical (unpaired) electrons. The van der Waals surface area contributed by atoms with Gasteiger partial charge in [-0.3, -0.25) is 9.69 Å². The summed E-state index contributed by atoms with van der Waals surface area (Å²) in [4.78, 5) is 17.2. The van der Waals surface area contributed by atoms with Crippen LogP contribution >= 0.6 is 11.3 Å². The molecule has 0 unspecified atom stereocenters. The van der Waals surface area contributed by atoms with Gasteiger partial charge in [0.05, 0.1) is 18.1 Å². The van der Waals surface area contributed by atoms with Gasteiger partial charge in [0.15, 0.2) is 0 Å². The summed E-state index contributed by atoms with van der Waals surface area (Å²) in [6, 6.07) is 13.7. The lowest BCUT2D eigenvalue weighted by molar-refractivity contribution is 0.0365. The Morgan fingerprint density at radius 1 is 1.07 bits per heavy atom. The fourth-order valence-electron chi connectivity index (χ4n) is 3.36. The largest absolute Gasteiger partial charge is 0.379 e. The van der Waals surface area contributed by atoms with E-state index in [9.17, 15) is 4.79 Å². The van der Waals surface area contributed by atoms with E-state index in [1.807, 2.05) is 50.2 Å². The van der Waals surface area contributed by atoms with Gasteiger partial charge in [-0.05, 0) is 19.1 Å². The zero-order valence-corrected chi connectivity index (χ0v) is 17.2. The summed E-state index contributed by atoms with van der Waals surface area (Å²) in [5.41, 5.74) is 2.01. The Morgan fingerprint density at radius 3 is 2.48 bits per heavy atom. The summed E-state index contributed by atoms with van der Waals surface area (Å²) in [5.74, 6) is 0.110. The second-order valence-corrected chi connectivity index (χ2v) is 7.49. The topological polar surface area (TPSA) is 34.5 Å². The van der Waals surface area contributed by atoms with E-state index in [0.717, 1.165) is 49.8 Å². The van der Waals surface area contributed by atoms with Crippen LogP contribution in [0.5, 0.6) is 0 Å². The molecule has 1 aliphatic heterocycles. The second-order valence-electron chi connectivity index (χ2n) is 6.46. The first-order chi connectivity index (χ1) is 13.2. The maximum Gasteiger partial charge on any atom is 0.203 e. The van der Waals surface area contributed by atoms with Gasteiger partial charge in [0, 0.05) is 42.8 Å². The summed E-state index contributed by atoms with van der Waals surface area (Å²) in [6.45, 7) is 11.8. The van der Waals surface area contributed by atoms with Crippen LogP contribution in [0.15, 0.2) is 42.5 Å². The van der Waals surface area contributed by atoms with Gasteiger partial charge in [-0.1, -0.05) is 44.2 Å². The standard InChI is InChI=1S/C20H22N2O2S.C2H6/c1-15-13-17-14-18(19(23)16-5-3-2-4-6-16)25-20(17)22(15)8-7-21-9-11-24-12-10-21;1-2/h2-6,13-14H,7-12H2,1H3;1-2H3. The summed E-state index contributed by atoms with van der Waals surface area (Å²) < 4.78 is 7.76. The highest BCUT2D eigenvalue weighted by atomic mass is 32.1. The van der Waals surface area contributed by atoms with E-state index in [-0.39, 0.29) is 5.78 Å². The lowest BCUT2D eigenvalue weighted by atomic mass is 10.1. The molecular weight excluding hydrogens is 356 g/mol. The minimum atomic E-state index is 0.110. The molecule has 3 aromatic rings. The normalized spacial score (nSPS) is 14.8. The van der Waals surface area contributed by atoms with Crippen LogP contribution in [-0.4, -0.2) is 48.1 Å². The highest BCUT2D eigenvalue weighted by molar-refractivity contribution is 7.20. The number of aryl methyl sites for hydroxylation is 1. The smallest absolute Gasteiger partial charge is 0.203 e. The van der Waals surface area contributed by atoms with Crippen LogP contribution in [0.3, 0.4) is 0 Å². The summed E-state index contributed by atoms with van der Waals surface area (Å²) in [6.07, 6.45) is 0. The molecule has 0 saturated carbocycles. The van der Waals surface area contributed by atoms with Gasteiger partial charge in [0.2, 0.25) is 5.78 Å². The van der Waals surface area contributed by atoms with Crippen LogP contribution < -0.4 is 0 Å². The number of hydrogen-bond donors (Lipinski definition) is 0. The molecule has 5 heteroatoms. The summed E-state index contributed by atoms with van der Waals surface area (Å²) >= 11 is 1.60. The average molecular weight is 385 g/mol. The monoisotopic (exact) mass is 384 g/mol. The Morgan fingerprint density at radius 2 is 1.78 bits per heavy atom. The lowest BCUT2D eigenvalue weighted by Gasteiger charge is -2.26. The average Bonchev–Trinajstić information content (AvgIpc) is 3.26. The number of morpholine rings is 1. The van der Waals surface area contributed by atoms with E-state index in [2.05, 4.69) is 22.5 Å². The number of carbonyl (C=O) groups is 1. The molecule has 1 aromatic carbocycles. The van der Waals surface area contributed by atoms with Gasteiger partial charge in [-0.15, -0.1) is 11.3 Å². The molecule has 0 aliphatic carbocycles. The highest BCUT2D eigenvalue weighted by Gasteiger charge is 2.17. The third-order valence-electron chi connectivity index (χ3n) is 4.78. The highest BCUT2D eigenvalue weighted by Crippen LogP contribution is 2.30. The van der Waals surface area contributed by atoms with Crippen LogP contribution in [0.4, 0.5) is 0 Å². The van der Waals surface area contributed by atoms with Crippen molar-refractivity contribution >= 4 is 27.3 Å². The molecule has 4 rings (SSSR count). The number of carbonyl (C=O) groups excluding carboxylic acids is 1. The Hall–Kier alpha value is -1.95. The maximum absolute atomic E-state index is 12.7. The maximum atomic E-state index is 12.7. The van der Waals surface area contributed by atoms with E-state index in [0.29, 0.717) is 0 Å². The van der Waals surface area contributed by atoms with Crippen molar-refractivity contribution in [2.45, 2.75) is 27.3 Å².